The van der Waals surface area contributed by atoms with E-state index in [0.29, 0.717) is 12.1 Å². The van der Waals surface area contributed by atoms with Gasteiger partial charge in [-0.25, -0.2) is 4.39 Å². The molecule has 27 heavy (non-hydrogen) atoms. The molecule has 0 spiro atoms. The fourth-order valence-corrected chi connectivity index (χ4v) is 2.97. The first-order valence-electron chi connectivity index (χ1n) is 8.62. The first kappa shape index (κ1) is 18.6. The van der Waals surface area contributed by atoms with Gasteiger partial charge in [-0.2, -0.15) is 0 Å². The number of carbonyl (C=O) groups excluding carboxylic acids is 1. The van der Waals surface area contributed by atoms with E-state index in [-0.39, 0.29) is 24.0 Å². The van der Waals surface area contributed by atoms with Gasteiger partial charge in [0, 0.05) is 12.6 Å². The molecule has 0 saturated carbocycles. The second-order valence-electron chi connectivity index (χ2n) is 6.61. The van der Waals surface area contributed by atoms with Crippen LogP contribution in [0.2, 0.25) is 0 Å². The number of benzene rings is 2. The van der Waals surface area contributed by atoms with Crippen molar-refractivity contribution in [1.29, 1.82) is 0 Å². The molecule has 0 unspecified atom stereocenters. The highest BCUT2D eigenvalue weighted by Crippen LogP contribution is 2.13. The monoisotopic (exact) mass is 369 g/mol. The Morgan fingerprint density at radius 2 is 1.85 bits per heavy atom. The number of aromatic amines is 1. The largest absolute Gasteiger partial charge is 0.334 e. The van der Waals surface area contributed by atoms with E-state index in [4.69, 9.17) is 0 Å². The summed E-state index contributed by atoms with van der Waals surface area (Å²) in [6.45, 7) is 3.86. The standard InChI is InChI=1S/C20H20FN3O3/c1-13(2)23(11-14-6-4-3-5-7-14)18(25)12-24-17-9-8-15(21)10-16(17)22-19(26)20(24)27/h3-10,13H,11-12H2,1-2H3,(H,22,26). The Kier molecular flexibility index (Phi) is 5.21. The minimum atomic E-state index is -0.889. The average molecular weight is 369 g/mol. The molecular formula is C20H20FN3O3. The van der Waals surface area contributed by atoms with Crippen LogP contribution in [0.15, 0.2) is 58.1 Å². The second-order valence-corrected chi connectivity index (χ2v) is 6.61. The van der Waals surface area contributed by atoms with E-state index in [1.165, 1.54) is 12.1 Å². The summed E-state index contributed by atoms with van der Waals surface area (Å²) in [4.78, 5) is 41.1. The van der Waals surface area contributed by atoms with Gasteiger partial charge in [0.1, 0.15) is 12.4 Å². The third kappa shape index (κ3) is 3.97. The smallest absolute Gasteiger partial charge is 0.317 e. The molecular weight excluding hydrogens is 349 g/mol. The lowest BCUT2D eigenvalue weighted by molar-refractivity contribution is -0.134. The maximum absolute atomic E-state index is 13.5. The Morgan fingerprint density at radius 1 is 1.15 bits per heavy atom. The van der Waals surface area contributed by atoms with Gasteiger partial charge >= 0.3 is 11.1 Å². The maximum Gasteiger partial charge on any atom is 0.317 e. The zero-order chi connectivity index (χ0) is 19.6. The molecule has 0 fully saturated rings. The van der Waals surface area contributed by atoms with Gasteiger partial charge in [0.05, 0.1) is 11.0 Å². The Bertz CT molecular complexity index is 1090. The molecule has 1 N–H and O–H groups in total. The van der Waals surface area contributed by atoms with Crippen LogP contribution in [-0.4, -0.2) is 26.4 Å². The van der Waals surface area contributed by atoms with Crippen LogP contribution in [0.4, 0.5) is 4.39 Å². The number of halogens is 1. The Morgan fingerprint density at radius 3 is 2.52 bits per heavy atom. The van der Waals surface area contributed by atoms with Crippen molar-refractivity contribution in [3.05, 3.63) is 80.6 Å². The molecule has 0 aliphatic heterocycles. The number of aromatic nitrogens is 2. The topological polar surface area (TPSA) is 75.2 Å². The van der Waals surface area contributed by atoms with Crippen LogP contribution in [0, 0.1) is 5.82 Å². The normalized spacial score (nSPS) is 11.1. The van der Waals surface area contributed by atoms with Crippen molar-refractivity contribution in [2.24, 2.45) is 0 Å². The van der Waals surface area contributed by atoms with Gasteiger partial charge in [0.15, 0.2) is 0 Å². The summed E-state index contributed by atoms with van der Waals surface area (Å²) in [5.41, 5.74) is -0.292. The third-order valence-corrected chi connectivity index (χ3v) is 4.37. The van der Waals surface area contributed by atoms with Gasteiger partial charge in [0.25, 0.3) is 0 Å². The minimum Gasteiger partial charge on any atom is -0.334 e. The fourth-order valence-electron chi connectivity index (χ4n) is 2.97. The molecule has 6 nitrogen and oxygen atoms in total. The lowest BCUT2D eigenvalue weighted by atomic mass is 10.2. The van der Waals surface area contributed by atoms with Crippen molar-refractivity contribution in [1.82, 2.24) is 14.5 Å². The molecule has 3 rings (SSSR count). The van der Waals surface area contributed by atoms with Crippen molar-refractivity contribution in [3.63, 3.8) is 0 Å². The summed E-state index contributed by atoms with van der Waals surface area (Å²) in [5.74, 6) is -0.838. The highest BCUT2D eigenvalue weighted by Gasteiger charge is 2.20. The summed E-state index contributed by atoms with van der Waals surface area (Å²) >= 11 is 0. The van der Waals surface area contributed by atoms with Crippen LogP contribution in [-0.2, 0) is 17.9 Å². The van der Waals surface area contributed by atoms with Crippen molar-refractivity contribution in [2.45, 2.75) is 33.0 Å². The highest BCUT2D eigenvalue weighted by molar-refractivity contribution is 5.80. The minimum absolute atomic E-state index is 0.0980. The van der Waals surface area contributed by atoms with Gasteiger partial charge < -0.3 is 9.88 Å². The fraction of sp³-hybridized carbons (Fsp3) is 0.250. The summed E-state index contributed by atoms with van der Waals surface area (Å²) in [6.07, 6.45) is 0. The Balaban J connectivity index is 1.97. The highest BCUT2D eigenvalue weighted by atomic mass is 19.1. The van der Waals surface area contributed by atoms with Crippen LogP contribution < -0.4 is 11.1 Å². The molecule has 0 aliphatic carbocycles. The molecule has 1 heterocycles. The molecule has 0 atom stereocenters. The number of fused-ring (bicyclic) bond motifs is 1. The number of nitrogens with one attached hydrogen (secondary N) is 1. The molecule has 7 heteroatoms. The summed E-state index contributed by atoms with van der Waals surface area (Å²) < 4.78 is 14.5. The first-order chi connectivity index (χ1) is 12.9. The van der Waals surface area contributed by atoms with Gasteiger partial charge in [-0.1, -0.05) is 30.3 Å². The molecule has 0 aliphatic rings. The molecule has 3 aromatic rings. The van der Waals surface area contributed by atoms with Crippen molar-refractivity contribution in [2.75, 3.05) is 0 Å². The van der Waals surface area contributed by atoms with E-state index in [1.54, 1.807) is 4.90 Å². The summed E-state index contributed by atoms with van der Waals surface area (Å²) in [6, 6.07) is 13.1. The number of hydrogen-bond donors (Lipinski definition) is 1. The van der Waals surface area contributed by atoms with E-state index in [1.807, 2.05) is 44.2 Å². The average Bonchev–Trinajstić information content (AvgIpc) is 2.63. The van der Waals surface area contributed by atoms with E-state index in [2.05, 4.69) is 4.98 Å². The second kappa shape index (κ2) is 7.57. The molecule has 140 valence electrons. The predicted molar refractivity (Wildman–Crippen MR) is 101 cm³/mol. The molecule has 0 bridgehead atoms. The SMILES string of the molecule is CC(C)N(Cc1ccccc1)C(=O)Cn1c(=O)c(=O)[nH]c2cc(F)ccc21. The number of nitrogens with zero attached hydrogens (tertiary/aromatic N) is 2. The number of H-pyrrole nitrogens is 1. The van der Waals surface area contributed by atoms with Gasteiger partial charge in [-0.3, -0.25) is 19.0 Å². The lowest BCUT2D eigenvalue weighted by Gasteiger charge is -2.27. The Labute approximate surface area is 154 Å². The molecule has 0 saturated heterocycles. The number of amides is 1. The van der Waals surface area contributed by atoms with Gasteiger partial charge in [-0.15, -0.1) is 0 Å². The van der Waals surface area contributed by atoms with E-state index < -0.39 is 16.9 Å². The number of rotatable bonds is 5. The quantitative estimate of drug-likeness (QED) is 0.701. The van der Waals surface area contributed by atoms with Crippen LogP contribution >= 0.6 is 0 Å². The van der Waals surface area contributed by atoms with Gasteiger partial charge in [0.2, 0.25) is 5.91 Å². The number of hydrogen-bond acceptors (Lipinski definition) is 3. The molecule has 1 aromatic heterocycles. The molecule has 2 aromatic carbocycles. The molecule has 0 radical (unpaired) electrons. The van der Waals surface area contributed by atoms with Gasteiger partial charge in [-0.05, 0) is 37.6 Å². The summed E-state index contributed by atoms with van der Waals surface area (Å²) in [7, 11) is 0. The van der Waals surface area contributed by atoms with Crippen molar-refractivity contribution < 1.29 is 9.18 Å². The third-order valence-electron chi connectivity index (χ3n) is 4.37. The number of carbonyl (C=O) groups is 1. The van der Waals surface area contributed by atoms with Crippen LogP contribution in [0.3, 0.4) is 0 Å². The lowest BCUT2D eigenvalue weighted by Crippen LogP contribution is -2.43. The van der Waals surface area contributed by atoms with Crippen molar-refractivity contribution in [3.8, 4) is 0 Å². The predicted octanol–water partition coefficient (Wildman–Crippen LogP) is 2.27. The van der Waals surface area contributed by atoms with E-state index in [0.717, 1.165) is 16.2 Å². The maximum atomic E-state index is 13.5. The van der Waals surface area contributed by atoms with Crippen LogP contribution in [0.25, 0.3) is 11.0 Å². The molecule has 1 amide bonds. The summed E-state index contributed by atoms with van der Waals surface area (Å²) in [5, 5.41) is 0. The van der Waals surface area contributed by atoms with Crippen LogP contribution in [0.1, 0.15) is 19.4 Å². The van der Waals surface area contributed by atoms with E-state index >= 15 is 0 Å². The zero-order valence-corrected chi connectivity index (χ0v) is 15.1. The zero-order valence-electron chi connectivity index (χ0n) is 15.1. The van der Waals surface area contributed by atoms with E-state index in [9.17, 15) is 18.8 Å². The van der Waals surface area contributed by atoms with Crippen LogP contribution in [0.5, 0.6) is 0 Å². The van der Waals surface area contributed by atoms with Crippen molar-refractivity contribution >= 4 is 16.9 Å². The Hall–Kier alpha value is -3.22. The first-order valence-corrected chi connectivity index (χ1v) is 8.62.